The van der Waals surface area contributed by atoms with E-state index in [-0.39, 0.29) is 18.4 Å². The predicted molar refractivity (Wildman–Crippen MR) is 120 cm³/mol. The summed E-state index contributed by atoms with van der Waals surface area (Å²) in [6, 6.07) is 3.83. The van der Waals surface area contributed by atoms with Gasteiger partial charge in [-0.15, -0.1) is 10.2 Å². The van der Waals surface area contributed by atoms with Gasteiger partial charge in [-0.1, -0.05) is 0 Å². The molecule has 1 unspecified atom stereocenters. The van der Waals surface area contributed by atoms with E-state index in [0.717, 1.165) is 36.0 Å². The van der Waals surface area contributed by atoms with Crippen molar-refractivity contribution in [2.24, 2.45) is 10.1 Å². The van der Waals surface area contributed by atoms with E-state index in [0.29, 0.717) is 23.9 Å². The lowest BCUT2D eigenvalue weighted by Gasteiger charge is -2.20. The standard InChI is InChI=1S/C21H30N8O2/c1-7-28(8-2)17-10-9-16(13(3)23-17)24-19-14(4)27-29-20(25-26-21(19)29)15(5)22-12-11-18(30)31-6/h9-10,15,22H,7-8,11-12H2,1-6H3. The molecule has 166 valence electrons. The van der Waals surface area contributed by atoms with Gasteiger partial charge in [-0.3, -0.25) is 4.79 Å². The number of ether oxygens (including phenoxy) is 1. The minimum atomic E-state index is -0.259. The van der Waals surface area contributed by atoms with E-state index < -0.39 is 0 Å². The van der Waals surface area contributed by atoms with Gasteiger partial charge in [-0.2, -0.15) is 9.78 Å². The van der Waals surface area contributed by atoms with Crippen molar-refractivity contribution in [3.05, 3.63) is 29.5 Å². The third-order valence-corrected chi connectivity index (χ3v) is 5.23. The molecule has 1 atom stereocenters. The third kappa shape index (κ3) is 4.79. The molecule has 10 heteroatoms. The van der Waals surface area contributed by atoms with E-state index >= 15 is 0 Å². The highest BCUT2D eigenvalue weighted by Gasteiger charge is 2.28. The summed E-state index contributed by atoms with van der Waals surface area (Å²) in [6.45, 7) is 12.3. The fourth-order valence-corrected chi connectivity index (χ4v) is 3.39. The molecule has 2 aromatic rings. The van der Waals surface area contributed by atoms with Crippen LogP contribution < -0.4 is 10.2 Å². The van der Waals surface area contributed by atoms with Crippen LogP contribution in [0.25, 0.3) is 0 Å². The van der Waals surface area contributed by atoms with E-state index in [9.17, 15) is 4.79 Å². The van der Waals surface area contributed by atoms with Crippen molar-refractivity contribution in [2.45, 2.75) is 47.1 Å². The number of carbonyl (C=O) groups excluding carboxylic acids is 1. The highest BCUT2D eigenvalue weighted by molar-refractivity contribution is 6.48. The number of rotatable bonds is 9. The largest absolute Gasteiger partial charge is 0.469 e. The maximum absolute atomic E-state index is 11.3. The van der Waals surface area contributed by atoms with E-state index in [4.69, 9.17) is 9.98 Å². The van der Waals surface area contributed by atoms with Crippen molar-refractivity contribution in [3.63, 3.8) is 0 Å². The molecule has 3 heterocycles. The van der Waals surface area contributed by atoms with Crippen LogP contribution in [-0.4, -0.2) is 64.0 Å². The van der Waals surface area contributed by atoms with Crippen LogP contribution in [0.4, 0.5) is 11.5 Å². The zero-order valence-corrected chi connectivity index (χ0v) is 19.0. The molecule has 0 saturated carbocycles. The lowest BCUT2D eigenvalue weighted by atomic mass is 10.2. The molecular weight excluding hydrogens is 396 g/mol. The van der Waals surface area contributed by atoms with Gasteiger partial charge in [-0.05, 0) is 46.8 Å². The molecule has 1 N–H and O–H groups in total. The Kier molecular flexibility index (Phi) is 7.11. The fourth-order valence-electron chi connectivity index (χ4n) is 3.39. The van der Waals surface area contributed by atoms with Crippen molar-refractivity contribution in [3.8, 4) is 0 Å². The van der Waals surface area contributed by atoms with E-state index in [2.05, 4.69) is 44.1 Å². The van der Waals surface area contributed by atoms with Gasteiger partial charge >= 0.3 is 5.97 Å². The van der Waals surface area contributed by atoms with Crippen LogP contribution in [0.3, 0.4) is 0 Å². The molecule has 0 fully saturated rings. The van der Waals surface area contributed by atoms with Crippen LogP contribution >= 0.6 is 0 Å². The Morgan fingerprint density at radius 3 is 2.65 bits per heavy atom. The van der Waals surface area contributed by atoms with E-state index in [1.165, 1.54) is 7.11 Å². The number of pyridine rings is 1. The Hall–Kier alpha value is -3.14. The first kappa shape index (κ1) is 22.5. The Bertz CT molecular complexity index is 1010. The maximum Gasteiger partial charge on any atom is 0.306 e. The quantitative estimate of drug-likeness (QED) is 0.613. The molecule has 0 bridgehead atoms. The number of nitrogens with one attached hydrogen (secondary N) is 1. The summed E-state index contributed by atoms with van der Waals surface area (Å²) in [4.78, 5) is 23.0. The summed E-state index contributed by atoms with van der Waals surface area (Å²) < 4.78 is 6.37. The number of hydrogen-bond donors (Lipinski definition) is 1. The maximum atomic E-state index is 11.3. The molecule has 31 heavy (non-hydrogen) atoms. The number of nitrogens with zero attached hydrogens (tertiary/aromatic N) is 7. The average Bonchev–Trinajstić information content (AvgIpc) is 3.29. The van der Waals surface area contributed by atoms with Crippen molar-refractivity contribution in [2.75, 3.05) is 31.6 Å². The van der Waals surface area contributed by atoms with Gasteiger partial charge in [0.1, 0.15) is 11.5 Å². The third-order valence-electron chi connectivity index (χ3n) is 5.23. The molecule has 0 aromatic carbocycles. The van der Waals surface area contributed by atoms with Gasteiger partial charge < -0.3 is 15.0 Å². The molecule has 2 aromatic heterocycles. The first-order valence-corrected chi connectivity index (χ1v) is 10.5. The second-order valence-electron chi connectivity index (χ2n) is 7.29. The molecule has 1 aliphatic heterocycles. The molecule has 1 aliphatic rings. The van der Waals surface area contributed by atoms with Gasteiger partial charge in [0, 0.05) is 19.6 Å². The summed E-state index contributed by atoms with van der Waals surface area (Å²) >= 11 is 0. The first-order chi connectivity index (χ1) is 14.9. The zero-order valence-electron chi connectivity index (χ0n) is 19.0. The monoisotopic (exact) mass is 426 g/mol. The number of carbonyl (C=O) groups is 1. The van der Waals surface area contributed by atoms with Gasteiger partial charge in [0.15, 0.2) is 5.82 Å². The predicted octanol–water partition coefficient (Wildman–Crippen LogP) is 2.40. The smallest absolute Gasteiger partial charge is 0.306 e. The molecule has 0 radical (unpaired) electrons. The molecule has 3 rings (SSSR count). The van der Waals surface area contributed by atoms with Gasteiger partial charge in [-0.25, -0.2) is 9.98 Å². The summed E-state index contributed by atoms with van der Waals surface area (Å²) in [5, 5.41) is 16.4. The summed E-state index contributed by atoms with van der Waals surface area (Å²) in [6.07, 6.45) is 0.284. The second kappa shape index (κ2) is 9.78. The Labute approximate surface area is 182 Å². The van der Waals surface area contributed by atoms with Gasteiger partial charge in [0.25, 0.3) is 0 Å². The van der Waals surface area contributed by atoms with Crippen molar-refractivity contribution >= 4 is 28.9 Å². The minimum Gasteiger partial charge on any atom is -0.469 e. The highest BCUT2D eigenvalue weighted by Crippen LogP contribution is 2.25. The molecule has 10 nitrogen and oxygen atoms in total. The number of esters is 1. The molecule has 0 aliphatic carbocycles. The number of hydrogen-bond acceptors (Lipinski definition) is 9. The normalized spacial score (nSPS) is 15.0. The summed E-state index contributed by atoms with van der Waals surface area (Å²) in [5.74, 6) is 1.95. The van der Waals surface area contributed by atoms with Gasteiger partial charge in [0.2, 0.25) is 5.82 Å². The van der Waals surface area contributed by atoms with Crippen molar-refractivity contribution in [1.29, 1.82) is 0 Å². The summed E-state index contributed by atoms with van der Waals surface area (Å²) in [7, 11) is 1.38. The van der Waals surface area contributed by atoms with Crippen LogP contribution in [0.5, 0.6) is 0 Å². The molecule has 0 amide bonds. The van der Waals surface area contributed by atoms with E-state index in [1.54, 1.807) is 4.68 Å². The lowest BCUT2D eigenvalue weighted by Crippen LogP contribution is -2.24. The number of anilines is 1. The number of aryl methyl sites for hydroxylation is 1. The number of methoxy groups -OCH3 is 1. The lowest BCUT2D eigenvalue weighted by molar-refractivity contribution is -0.140. The fraction of sp³-hybridized carbons (Fsp3) is 0.524. The first-order valence-electron chi connectivity index (χ1n) is 10.5. The average molecular weight is 427 g/mol. The minimum absolute atomic E-state index is 0.140. The molecule has 0 spiro atoms. The Morgan fingerprint density at radius 2 is 2.00 bits per heavy atom. The van der Waals surface area contributed by atoms with Crippen LogP contribution in [0.15, 0.2) is 22.2 Å². The Balaban J connectivity index is 1.82. The number of aliphatic imine (C=N–C) groups is 1. The van der Waals surface area contributed by atoms with E-state index in [1.807, 2.05) is 32.9 Å². The SMILES string of the molecule is CCN(CC)c1ccc(N=C2C(C)=Nn3c2nnc3C(C)NCCC(=O)OC)c(C)n1. The second-order valence-corrected chi connectivity index (χ2v) is 7.29. The van der Waals surface area contributed by atoms with Crippen molar-refractivity contribution < 1.29 is 9.53 Å². The zero-order chi connectivity index (χ0) is 22.5. The van der Waals surface area contributed by atoms with Crippen LogP contribution in [0.1, 0.15) is 57.5 Å². The molecule has 0 saturated heterocycles. The number of aromatic nitrogens is 4. The summed E-state index contributed by atoms with van der Waals surface area (Å²) in [5.41, 5.74) is 3.07. The highest BCUT2D eigenvalue weighted by atomic mass is 16.5. The van der Waals surface area contributed by atoms with Crippen LogP contribution in [-0.2, 0) is 9.53 Å². The van der Waals surface area contributed by atoms with Gasteiger partial charge in [0.05, 0.1) is 36.7 Å². The van der Waals surface area contributed by atoms with Crippen LogP contribution in [0.2, 0.25) is 0 Å². The van der Waals surface area contributed by atoms with Crippen LogP contribution in [0, 0.1) is 6.92 Å². The molecular formula is C21H30N8O2. The topological polar surface area (TPSA) is 110 Å². The number of fused-ring (bicyclic) bond motifs is 1. The van der Waals surface area contributed by atoms with Crippen molar-refractivity contribution in [1.82, 2.24) is 25.2 Å². The Morgan fingerprint density at radius 1 is 1.26 bits per heavy atom.